The minimum Gasteiger partial charge on any atom is -0.376 e. The molecule has 2 atom stereocenters. The van der Waals surface area contributed by atoms with E-state index in [2.05, 4.69) is 46.1 Å². The van der Waals surface area contributed by atoms with Crippen molar-refractivity contribution in [3.8, 4) is 10.7 Å². The van der Waals surface area contributed by atoms with Gasteiger partial charge in [0, 0.05) is 12.3 Å². The lowest BCUT2D eigenvalue weighted by Crippen LogP contribution is -2.18. The average Bonchev–Trinajstić information content (AvgIpc) is 3.55. The molecule has 0 radical (unpaired) electrons. The molecular weight excluding hydrogens is 428 g/mol. The summed E-state index contributed by atoms with van der Waals surface area (Å²) < 4.78 is 7.93. The summed E-state index contributed by atoms with van der Waals surface area (Å²) in [6, 6.07) is 12.2. The van der Waals surface area contributed by atoms with Crippen LogP contribution in [0.25, 0.3) is 10.7 Å². The molecule has 2 aromatic heterocycles. The Morgan fingerprint density at radius 1 is 1.32 bits per heavy atom. The SMILES string of the molecule is CCC(C)c1ccc(NC(=O)CSc2nnc(-c3cccs3)n2CC2CCCO2)cc1. The predicted molar refractivity (Wildman–Crippen MR) is 127 cm³/mol. The maximum atomic E-state index is 12.5. The van der Waals surface area contributed by atoms with Gasteiger partial charge in [-0.2, -0.15) is 0 Å². The molecule has 164 valence electrons. The fourth-order valence-corrected chi connectivity index (χ4v) is 5.06. The van der Waals surface area contributed by atoms with Crippen LogP contribution in [-0.2, 0) is 16.1 Å². The topological polar surface area (TPSA) is 69.0 Å². The van der Waals surface area contributed by atoms with Crippen molar-refractivity contribution in [3.05, 3.63) is 47.3 Å². The van der Waals surface area contributed by atoms with Crippen LogP contribution in [-0.4, -0.2) is 39.1 Å². The Bertz CT molecular complexity index is 980. The van der Waals surface area contributed by atoms with Crippen LogP contribution < -0.4 is 5.32 Å². The largest absolute Gasteiger partial charge is 0.376 e. The van der Waals surface area contributed by atoms with E-state index in [0.29, 0.717) is 12.5 Å². The van der Waals surface area contributed by atoms with Crippen molar-refractivity contribution in [2.45, 2.75) is 56.8 Å². The Morgan fingerprint density at radius 3 is 2.84 bits per heavy atom. The van der Waals surface area contributed by atoms with E-state index in [-0.39, 0.29) is 17.8 Å². The number of rotatable bonds is 9. The number of ether oxygens (including phenoxy) is 1. The second-order valence-corrected chi connectivity index (χ2v) is 9.69. The van der Waals surface area contributed by atoms with Crippen LogP contribution in [0.1, 0.15) is 44.6 Å². The fourth-order valence-electron chi connectivity index (χ4n) is 3.60. The smallest absolute Gasteiger partial charge is 0.234 e. The molecule has 1 fully saturated rings. The molecule has 0 spiro atoms. The van der Waals surface area contributed by atoms with Crippen LogP contribution in [0.2, 0.25) is 0 Å². The fraction of sp³-hybridized carbons (Fsp3) is 0.435. The number of hydrogen-bond donors (Lipinski definition) is 1. The lowest BCUT2D eigenvalue weighted by Gasteiger charge is -2.14. The van der Waals surface area contributed by atoms with Crippen LogP contribution in [0.5, 0.6) is 0 Å². The predicted octanol–water partition coefficient (Wildman–Crippen LogP) is 5.43. The van der Waals surface area contributed by atoms with Gasteiger partial charge in [-0.15, -0.1) is 21.5 Å². The Morgan fingerprint density at radius 2 is 2.16 bits per heavy atom. The first-order chi connectivity index (χ1) is 15.1. The van der Waals surface area contributed by atoms with E-state index < -0.39 is 0 Å². The van der Waals surface area contributed by atoms with Crippen molar-refractivity contribution in [2.75, 3.05) is 17.7 Å². The number of carbonyl (C=O) groups excluding carboxylic acids is 1. The Balaban J connectivity index is 1.41. The van der Waals surface area contributed by atoms with Gasteiger partial charge in [-0.25, -0.2) is 0 Å². The number of carbonyl (C=O) groups is 1. The number of nitrogens with one attached hydrogen (secondary N) is 1. The van der Waals surface area contributed by atoms with Crippen LogP contribution in [0.3, 0.4) is 0 Å². The maximum Gasteiger partial charge on any atom is 0.234 e. The van der Waals surface area contributed by atoms with Crippen LogP contribution in [0.4, 0.5) is 5.69 Å². The van der Waals surface area contributed by atoms with Gasteiger partial charge in [0.2, 0.25) is 5.91 Å². The molecule has 4 rings (SSSR count). The molecule has 0 aliphatic carbocycles. The number of hydrogen-bond acceptors (Lipinski definition) is 6. The van der Waals surface area contributed by atoms with Gasteiger partial charge in [0.05, 0.1) is 23.3 Å². The number of nitrogens with zero attached hydrogens (tertiary/aromatic N) is 3. The van der Waals surface area contributed by atoms with Crippen LogP contribution >= 0.6 is 23.1 Å². The summed E-state index contributed by atoms with van der Waals surface area (Å²) in [4.78, 5) is 13.6. The number of amides is 1. The molecular formula is C23H28N4O2S2. The summed E-state index contributed by atoms with van der Waals surface area (Å²) in [6.45, 7) is 5.91. The van der Waals surface area contributed by atoms with Gasteiger partial charge in [-0.3, -0.25) is 9.36 Å². The summed E-state index contributed by atoms with van der Waals surface area (Å²) in [5.74, 6) is 1.59. The molecule has 2 unspecified atom stereocenters. The molecule has 1 saturated heterocycles. The van der Waals surface area contributed by atoms with E-state index in [1.165, 1.54) is 17.3 Å². The zero-order valence-corrected chi connectivity index (χ0v) is 19.5. The summed E-state index contributed by atoms with van der Waals surface area (Å²) in [5.41, 5.74) is 2.11. The van der Waals surface area contributed by atoms with Crippen molar-refractivity contribution in [1.82, 2.24) is 14.8 Å². The van der Waals surface area contributed by atoms with Crippen molar-refractivity contribution in [1.29, 1.82) is 0 Å². The summed E-state index contributed by atoms with van der Waals surface area (Å²) in [6.07, 6.45) is 3.40. The van der Waals surface area contributed by atoms with E-state index >= 15 is 0 Å². The van der Waals surface area contributed by atoms with Gasteiger partial charge in [-0.05, 0) is 54.3 Å². The molecule has 1 aromatic carbocycles. The van der Waals surface area contributed by atoms with Crippen molar-refractivity contribution in [3.63, 3.8) is 0 Å². The van der Waals surface area contributed by atoms with E-state index in [4.69, 9.17) is 4.74 Å². The number of thioether (sulfide) groups is 1. The highest BCUT2D eigenvalue weighted by Gasteiger charge is 2.22. The highest BCUT2D eigenvalue weighted by molar-refractivity contribution is 7.99. The number of anilines is 1. The van der Waals surface area contributed by atoms with E-state index in [1.807, 2.05) is 29.6 Å². The van der Waals surface area contributed by atoms with Gasteiger partial charge in [-0.1, -0.05) is 43.8 Å². The third-order valence-corrected chi connectivity index (χ3v) is 7.41. The van der Waals surface area contributed by atoms with E-state index in [0.717, 1.165) is 47.4 Å². The number of thiophene rings is 1. The van der Waals surface area contributed by atoms with Gasteiger partial charge >= 0.3 is 0 Å². The first-order valence-electron chi connectivity index (χ1n) is 10.7. The quantitative estimate of drug-likeness (QED) is 0.435. The molecule has 8 heteroatoms. The van der Waals surface area contributed by atoms with E-state index in [1.54, 1.807) is 11.3 Å². The number of aromatic nitrogens is 3. The molecule has 1 aliphatic rings. The first-order valence-corrected chi connectivity index (χ1v) is 12.6. The van der Waals surface area contributed by atoms with Gasteiger partial charge in [0.15, 0.2) is 11.0 Å². The second-order valence-electron chi connectivity index (χ2n) is 7.80. The Kier molecular flexibility index (Phi) is 7.42. The third-order valence-electron chi connectivity index (χ3n) is 5.58. The summed E-state index contributed by atoms with van der Waals surface area (Å²) in [5, 5.41) is 14.6. The molecule has 1 amide bonds. The lowest BCUT2D eigenvalue weighted by atomic mass is 9.99. The molecule has 0 saturated carbocycles. The van der Waals surface area contributed by atoms with Gasteiger partial charge in [0.1, 0.15) is 0 Å². The third kappa shape index (κ3) is 5.56. The van der Waals surface area contributed by atoms with Crippen LogP contribution in [0.15, 0.2) is 46.9 Å². The molecule has 1 N–H and O–H groups in total. The van der Waals surface area contributed by atoms with Gasteiger partial charge < -0.3 is 10.1 Å². The molecule has 31 heavy (non-hydrogen) atoms. The Hall–Kier alpha value is -2.16. The second kappa shape index (κ2) is 10.4. The van der Waals surface area contributed by atoms with Crippen molar-refractivity contribution < 1.29 is 9.53 Å². The molecule has 0 bridgehead atoms. The minimum absolute atomic E-state index is 0.0503. The maximum absolute atomic E-state index is 12.5. The normalized spacial score (nSPS) is 17.0. The zero-order valence-electron chi connectivity index (χ0n) is 17.9. The van der Waals surface area contributed by atoms with Gasteiger partial charge in [0.25, 0.3) is 0 Å². The number of benzene rings is 1. The molecule has 3 heterocycles. The van der Waals surface area contributed by atoms with Crippen molar-refractivity contribution in [2.24, 2.45) is 0 Å². The zero-order chi connectivity index (χ0) is 21.6. The average molecular weight is 457 g/mol. The molecule has 6 nitrogen and oxygen atoms in total. The molecule has 1 aliphatic heterocycles. The highest BCUT2D eigenvalue weighted by Crippen LogP contribution is 2.29. The lowest BCUT2D eigenvalue weighted by molar-refractivity contribution is -0.113. The minimum atomic E-state index is -0.0503. The van der Waals surface area contributed by atoms with Crippen molar-refractivity contribution >= 4 is 34.7 Å². The summed E-state index contributed by atoms with van der Waals surface area (Å²) >= 11 is 3.05. The summed E-state index contributed by atoms with van der Waals surface area (Å²) in [7, 11) is 0. The highest BCUT2D eigenvalue weighted by atomic mass is 32.2. The first kappa shape index (κ1) is 22.0. The monoisotopic (exact) mass is 456 g/mol. The van der Waals surface area contributed by atoms with E-state index in [9.17, 15) is 4.79 Å². The van der Waals surface area contributed by atoms with Crippen LogP contribution in [0, 0.1) is 0 Å². The molecule has 3 aromatic rings. The Labute approximate surface area is 191 Å². The standard InChI is InChI=1S/C23H28N4O2S2/c1-3-16(2)17-8-10-18(11-9-17)24-21(28)15-31-23-26-25-22(20-7-5-13-30-20)27(23)14-19-6-4-12-29-19/h5,7-11,13,16,19H,3-4,6,12,14-15H2,1-2H3,(H,24,28).